The van der Waals surface area contributed by atoms with Gasteiger partial charge in [-0.2, -0.15) is 13.2 Å². The van der Waals surface area contributed by atoms with Gasteiger partial charge in [-0.25, -0.2) is 0 Å². The Bertz CT molecular complexity index is 315. The Labute approximate surface area is 111 Å². The zero-order valence-electron chi connectivity index (χ0n) is 11.6. The lowest BCUT2D eigenvalue weighted by molar-refractivity contribution is -0.185. The van der Waals surface area contributed by atoms with Crippen LogP contribution in [0.3, 0.4) is 0 Å². The molecule has 0 spiro atoms. The second-order valence-electron chi connectivity index (χ2n) is 6.10. The molecule has 0 aromatic heterocycles. The SMILES string of the molecule is CN(CC(C)(C)O)C(=O)C1CCC(C(F)(F)F)CC1. The zero-order chi connectivity index (χ0) is 14.8. The maximum Gasteiger partial charge on any atom is 0.391 e. The van der Waals surface area contributed by atoms with Crippen molar-refractivity contribution < 1.29 is 23.1 Å². The van der Waals surface area contributed by atoms with Crippen molar-refractivity contribution in [1.82, 2.24) is 4.90 Å². The number of aliphatic hydroxyl groups is 1. The van der Waals surface area contributed by atoms with E-state index in [0.29, 0.717) is 0 Å². The molecule has 112 valence electrons. The first-order chi connectivity index (χ1) is 8.50. The standard InChI is InChI=1S/C13H22F3NO2/c1-12(2,19)8-17(3)11(18)9-4-6-10(7-5-9)13(14,15)16/h9-10,19H,4-8H2,1-3H3. The molecular formula is C13H22F3NO2. The maximum absolute atomic E-state index is 12.5. The number of likely N-dealkylation sites (N-methyl/N-ethyl adjacent to an activating group) is 1. The van der Waals surface area contributed by atoms with Gasteiger partial charge in [-0.05, 0) is 39.5 Å². The van der Waals surface area contributed by atoms with E-state index in [-0.39, 0.29) is 44.1 Å². The van der Waals surface area contributed by atoms with Crippen LogP contribution in [0.5, 0.6) is 0 Å². The van der Waals surface area contributed by atoms with E-state index in [1.165, 1.54) is 4.90 Å². The first-order valence-corrected chi connectivity index (χ1v) is 6.55. The summed E-state index contributed by atoms with van der Waals surface area (Å²) >= 11 is 0. The van der Waals surface area contributed by atoms with Crippen molar-refractivity contribution in [3.8, 4) is 0 Å². The largest absolute Gasteiger partial charge is 0.391 e. The lowest BCUT2D eigenvalue weighted by Gasteiger charge is -2.33. The van der Waals surface area contributed by atoms with Gasteiger partial charge in [0.15, 0.2) is 0 Å². The first kappa shape index (κ1) is 16.3. The summed E-state index contributed by atoms with van der Waals surface area (Å²) in [5.41, 5.74) is -0.992. The topological polar surface area (TPSA) is 40.5 Å². The van der Waals surface area contributed by atoms with E-state index in [9.17, 15) is 23.1 Å². The predicted octanol–water partition coefficient (Wildman–Crippen LogP) is 2.58. The Morgan fingerprint density at radius 1 is 1.21 bits per heavy atom. The van der Waals surface area contributed by atoms with Crippen LogP contribution < -0.4 is 0 Å². The molecule has 0 aliphatic heterocycles. The summed E-state index contributed by atoms with van der Waals surface area (Å²) in [6.07, 6.45) is -3.54. The summed E-state index contributed by atoms with van der Waals surface area (Å²) in [6, 6.07) is 0. The molecule has 1 fully saturated rings. The second kappa shape index (κ2) is 5.69. The molecule has 1 saturated carbocycles. The Balaban J connectivity index is 2.49. The number of alkyl halides is 3. The van der Waals surface area contributed by atoms with Crippen molar-refractivity contribution in [3.05, 3.63) is 0 Å². The van der Waals surface area contributed by atoms with E-state index in [1.54, 1.807) is 20.9 Å². The number of amides is 1. The molecule has 0 aromatic carbocycles. The van der Waals surface area contributed by atoms with Crippen LogP contribution in [0.1, 0.15) is 39.5 Å². The summed E-state index contributed by atoms with van der Waals surface area (Å²) in [6.45, 7) is 3.37. The summed E-state index contributed by atoms with van der Waals surface area (Å²) < 4.78 is 37.6. The van der Waals surface area contributed by atoms with Gasteiger partial charge >= 0.3 is 6.18 Å². The minimum atomic E-state index is -4.15. The molecule has 1 rings (SSSR count). The van der Waals surface area contributed by atoms with Gasteiger partial charge in [0.05, 0.1) is 11.5 Å². The highest BCUT2D eigenvalue weighted by molar-refractivity contribution is 5.78. The van der Waals surface area contributed by atoms with Crippen LogP contribution in [0.4, 0.5) is 13.2 Å². The Kier molecular flexibility index (Phi) is 4.87. The predicted molar refractivity (Wildman–Crippen MR) is 65.4 cm³/mol. The van der Waals surface area contributed by atoms with Crippen molar-refractivity contribution >= 4 is 5.91 Å². The molecule has 0 aromatic rings. The summed E-state index contributed by atoms with van der Waals surface area (Å²) in [5.74, 6) is -1.77. The van der Waals surface area contributed by atoms with Gasteiger partial charge in [-0.1, -0.05) is 0 Å². The fourth-order valence-electron chi connectivity index (χ4n) is 2.64. The molecule has 1 N–H and O–H groups in total. The lowest BCUT2D eigenvalue weighted by atomic mass is 9.81. The van der Waals surface area contributed by atoms with Gasteiger partial charge in [0.25, 0.3) is 0 Å². The molecule has 6 heteroatoms. The molecule has 1 amide bonds. The van der Waals surface area contributed by atoms with Gasteiger partial charge in [0.1, 0.15) is 0 Å². The van der Waals surface area contributed by atoms with Gasteiger partial charge in [-0.15, -0.1) is 0 Å². The second-order valence-corrected chi connectivity index (χ2v) is 6.10. The van der Waals surface area contributed by atoms with Crippen LogP contribution in [0.2, 0.25) is 0 Å². The Hall–Kier alpha value is -0.780. The normalized spacial score (nSPS) is 25.2. The average molecular weight is 281 g/mol. The summed E-state index contributed by atoms with van der Waals surface area (Å²) in [4.78, 5) is 13.5. The zero-order valence-corrected chi connectivity index (χ0v) is 11.6. The molecule has 1 aliphatic carbocycles. The highest BCUT2D eigenvalue weighted by Crippen LogP contribution is 2.39. The first-order valence-electron chi connectivity index (χ1n) is 6.55. The third-order valence-corrected chi connectivity index (χ3v) is 3.54. The fourth-order valence-corrected chi connectivity index (χ4v) is 2.64. The van der Waals surface area contributed by atoms with E-state index in [1.807, 2.05) is 0 Å². The van der Waals surface area contributed by atoms with Crippen molar-refractivity contribution in [2.45, 2.75) is 51.3 Å². The van der Waals surface area contributed by atoms with E-state index >= 15 is 0 Å². The molecule has 0 unspecified atom stereocenters. The molecule has 0 heterocycles. The Morgan fingerprint density at radius 2 is 1.68 bits per heavy atom. The van der Waals surface area contributed by atoms with Crippen LogP contribution in [-0.4, -0.2) is 41.3 Å². The lowest BCUT2D eigenvalue weighted by Crippen LogP contribution is -2.43. The van der Waals surface area contributed by atoms with E-state index < -0.39 is 17.7 Å². The Morgan fingerprint density at radius 3 is 2.05 bits per heavy atom. The molecular weight excluding hydrogens is 259 g/mol. The maximum atomic E-state index is 12.5. The van der Waals surface area contributed by atoms with Crippen molar-refractivity contribution in [2.24, 2.45) is 11.8 Å². The number of carbonyl (C=O) groups is 1. The highest BCUT2D eigenvalue weighted by Gasteiger charge is 2.42. The number of carbonyl (C=O) groups excluding carboxylic acids is 1. The molecule has 19 heavy (non-hydrogen) atoms. The summed E-state index contributed by atoms with van der Waals surface area (Å²) in [5, 5.41) is 9.64. The van der Waals surface area contributed by atoms with Crippen LogP contribution in [0, 0.1) is 11.8 Å². The summed E-state index contributed by atoms with van der Waals surface area (Å²) in [7, 11) is 1.58. The number of nitrogens with zero attached hydrogens (tertiary/aromatic N) is 1. The monoisotopic (exact) mass is 281 g/mol. The van der Waals surface area contributed by atoms with E-state index in [2.05, 4.69) is 0 Å². The third kappa shape index (κ3) is 5.01. The van der Waals surface area contributed by atoms with Gasteiger partial charge in [0, 0.05) is 19.5 Å². The van der Waals surface area contributed by atoms with Gasteiger partial charge in [-0.3, -0.25) is 4.79 Å². The van der Waals surface area contributed by atoms with Crippen molar-refractivity contribution in [3.63, 3.8) is 0 Å². The minimum absolute atomic E-state index is 0.0241. The number of hydrogen-bond donors (Lipinski definition) is 1. The van der Waals surface area contributed by atoms with Crippen molar-refractivity contribution in [1.29, 1.82) is 0 Å². The van der Waals surface area contributed by atoms with Crippen LogP contribution in [0.25, 0.3) is 0 Å². The van der Waals surface area contributed by atoms with Gasteiger partial charge in [0.2, 0.25) is 5.91 Å². The third-order valence-electron chi connectivity index (χ3n) is 3.54. The average Bonchev–Trinajstić information content (AvgIpc) is 2.24. The van der Waals surface area contributed by atoms with Crippen LogP contribution in [-0.2, 0) is 4.79 Å². The number of hydrogen-bond acceptors (Lipinski definition) is 2. The molecule has 0 atom stereocenters. The molecule has 0 saturated heterocycles. The van der Waals surface area contributed by atoms with E-state index in [4.69, 9.17) is 0 Å². The quantitative estimate of drug-likeness (QED) is 0.863. The minimum Gasteiger partial charge on any atom is -0.389 e. The number of halogens is 3. The molecule has 3 nitrogen and oxygen atoms in total. The molecule has 0 bridgehead atoms. The smallest absolute Gasteiger partial charge is 0.389 e. The molecule has 1 aliphatic rings. The fraction of sp³-hybridized carbons (Fsp3) is 0.923. The molecule has 0 radical (unpaired) electrons. The van der Waals surface area contributed by atoms with Crippen LogP contribution >= 0.6 is 0 Å². The van der Waals surface area contributed by atoms with E-state index in [0.717, 1.165) is 0 Å². The highest BCUT2D eigenvalue weighted by atomic mass is 19.4. The van der Waals surface area contributed by atoms with Crippen molar-refractivity contribution in [2.75, 3.05) is 13.6 Å². The van der Waals surface area contributed by atoms with Crippen LogP contribution in [0.15, 0.2) is 0 Å². The number of rotatable bonds is 3. The van der Waals surface area contributed by atoms with Gasteiger partial charge < -0.3 is 10.0 Å².